The Morgan fingerprint density at radius 1 is 1.03 bits per heavy atom. The minimum atomic E-state index is -0.959. The summed E-state index contributed by atoms with van der Waals surface area (Å²) in [5, 5.41) is 13.2. The number of carboxylic acids is 1. The van der Waals surface area contributed by atoms with Crippen LogP contribution in [-0.4, -0.2) is 21.2 Å². The number of carbonyl (C=O) groups is 1. The highest BCUT2D eigenvalue weighted by molar-refractivity contribution is 7.80. The van der Waals surface area contributed by atoms with Crippen LogP contribution in [0.5, 0.6) is 0 Å². The van der Waals surface area contributed by atoms with Crippen molar-refractivity contribution in [2.45, 2.75) is 25.9 Å². The standard InChI is InChI=1S/C27H23N3O3S/c1-16-13-17(2)15-20(14-16)30-25(24(29-27(30)34)21-5-3-4-12-28-21)23-11-10-22(33-23)18-6-8-19(9-7-18)26(31)32/h3-15,24-25H,1-2H3,(H,29,34)(H,31,32)/t24-,25-/m1/s1. The van der Waals surface area contributed by atoms with Crippen molar-refractivity contribution in [3.05, 3.63) is 107 Å². The van der Waals surface area contributed by atoms with Crippen LogP contribution in [0, 0.1) is 13.8 Å². The zero-order valence-corrected chi connectivity index (χ0v) is 19.5. The van der Waals surface area contributed by atoms with E-state index in [-0.39, 0.29) is 17.6 Å². The van der Waals surface area contributed by atoms with Crippen LogP contribution in [0.3, 0.4) is 0 Å². The Morgan fingerprint density at radius 3 is 2.41 bits per heavy atom. The smallest absolute Gasteiger partial charge is 0.335 e. The normalized spacial score (nSPS) is 17.6. The molecule has 3 heterocycles. The number of hydrogen-bond acceptors (Lipinski definition) is 4. The van der Waals surface area contributed by atoms with Gasteiger partial charge in [0.1, 0.15) is 17.6 Å². The molecule has 2 atom stereocenters. The van der Waals surface area contributed by atoms with E-state index in [1.54, 1.807) is 30.5 Å². The summed E-state index contributed by atoms with van der Waals surface area (Å²) in [6, 6.07) is 22.2. The predicted octanol–water partition coefficient (Wildman–Crippen LogP) is 5.83. The van der Waals surface area contributed by atoms with Gasteiger partial charge in [0.25, 0.3) is 0 Å². The Bertz CT molecular complexity index is 1350. The monoisotopic (exact) mass is 469 g/mol. The number of carboxylic acid groups (broad SMARTS) is 1. The molecule has 0 unspecified atom stereocenters. The highest BCUT2D eigenvalue weighted by Gasteiger charge is 2.42. The average Bonchev–Trinajstić information content (AvgIpc) is 3.43. The lowest BCUT2D eigenvalue weighted by Crippen LogP contribution is -2.29. The predicted molar refractivity (Wildman–Crippen MR) is 135 cm³/mol. The molecule has 0 saturated carbocycles. The van der Waals surface area contributed by atoms with Crippen LogP contribution < -0.4 is 10.2 Å². The van der Waals surface area contributed by atoms with E-state index in [4.69, 9.17) is 16.6 Å². The third kappa shape index (κ3) is 4.06. The number of anilines is 1. The van der Waals surface area contributed by atoms with Gasteiger partial charge in [-0.15, -0.1) is 0 Å². The molecule has 170 valence electrons. The first-order valence-corrected chi connectivity index (χ1v) is 11.3. The Balaban J connectivity index is 1.58. The molecule has 1 aliphatic heterocycles. The molecule has 0 spiro atoms. The van der Waals surface area contributed by atoms with Gasteiger partial charge >= 0.3 is 5.97 Å². The topological polar surface area (TPSA) is 78.6 Å². The number of pyridine rings is 1. The lowest BCUT2D eigenvalue weighted by Gasteiger charge is -2.26. The van der Waals surface area contributed by atoms with Gasteiger partial charge in [0, 0.05) is 17.4 Å². The molecule has 7 heteroatoms. The number of thiocarbonyl (C=S) groups is 1. The third-order valence-corrected chi connectivity index (χ3v) is 6.23. The Kier molecular flexibility index (Phi) is 5.63. The lowest BCUT2D eigenvalue weighted by atomic mass is 10.0. The molecular weight excluding hydrogens is 446 g/mol. The van der Waals surface area contributed by atoms with Gasteiger partial charge in [0.2, 0.25) is 0 Å². The summed E-state index contributed by atoms with van der Waals surface area (Å²) in [5.41, 5.74) is 5.19. The molecular formula is C27H23N3O3S. The van der Waals surface area contributed by atoms with Gasteiger partial charge < -0.3 is 19.7 Å². The number of nitrogens with one attached hydrogen (secondary N) is 1. The van der Waals surface area contributed by atoms with Gasteiger partial charge in [-0.3, -0.25) is 4.98 Å². The second-order valence-electron chi connectivity index (χ2n) is 8.43. The van der Waals surface area contributed by atoms with Crippen LogP contribution in [0.15, 0.2) is 83.4 Å². The van der Waals surface area contributed by atoms with E-state index in [9.17, 15) is 9.90 Å². The maximum atomic E-state index is 11.2. The van der Waals surface area contributed by atoms with E-state index in [0.717, 1.165) is 33.8 Å². The van der Waals surface area contributed by atoms with Crippen LogP contribution in [0.1, 0.15) is 45.0 Å². The summed E-state index contributed by atoms with van der Waals surface area (Å²) in [6.07, 6.45) is 1.77. The molecule has 0 radical (unpaired) electrons. The van der Waals surface area contributed by atoms with E-state index in [1.807, 2.05) is 30.3 Å². The molecule has 2 aromatic carbocycles. The zero-order valence-electron chi connectivity index (χ0n) is 18.7. The Hall–Kier alpha value is -3.97. The van der Waals surface area contributed by atoms with Crippen molar-refractivity contribution in [1.29, 1.82) is 0 Å². The highest BCUT2D eigenvalue weighted by atomic mass is 32.1. The summed E-state index contributed by atoms with van der Waals surface area (Å²) < 4.78 is 6.35. The fourth-order valence-electron chi connectivity index (χ4n) is 4.46. The number of nitrogens with zero attached hydrogens (tertiary/aromatic N) is 2. The third-order valence-electron chi connectivity index (χ3n) is 5.92. The number of rotatable bonds is 5. The van der Waals surface area contributed by atoms with E-state index in [0.29, 0.717) is 10.9 Å². The van der Waals surface area contributed by atoms with Crippen LogP contribution in [-0.2, 0) is 0 Å². The molecule has 5 rings (SSSR count). The van der Waals surface area contributed by atoms with Crippen molar-refractivity contribution in [1.82, 2.24) is 10.3 Å². The fraction of sp³-hybridized carbons (Fsp3) is 0.148. The summed E-state index contributed by atoms with van der Waals surface area (Å²) in [7, 11) is 0. The van der Waals surface area contributed by atoms with Gasteiger partial charge in [0.15, 0.2) is 5.11 Å². The van der Waals surface area contributed by atoms with Gasteiger partial charge in [0.05, 0.1) is 17.3 Å². The first-order chi connectivity index (χ1) is 16.4. The molecule has 0 bridgehead atoms. The summed E-state index contributed by atoms with van der Waals surface area (Å²) in [5.74, 6) is 0.434. The van der Waals surface area contributed by atoms with Crippen molar-refractivity contribution in [2.24, 2.45) is 0 Å². The maximum Gasteiger partial charge on any atom is 0.335 e. The quantitative estimate of drug-likeness (QED) is 0.356. The van der Waals surface area contributed by atoms with Crippen LogP contribution in [0.2, 0.25) is 0 Å². The second kappa shape index (κ2) is 8.76. The molecule has 2 aromatic heterocycles. The van der Waals surface area contributed by atoms with Gasteiger partial charge in [-0.25, -0.2) is 4.79 Å². The zero-order chi connectivity index (χ0) is 23.8. The van der Waals surface area contributed by atoms with Gasteiger partial charge in [-0.2, -0.15) is 0 Å². The summed E-state index contributed by atoms with van der Waals surface area (Å²) >= 11 is 5.79. The van der Waals surface area contributed by atoms with E-state index in [1.165, 1.54) is 0 Å². The van der Waals surface area contributed by atoms with Crippen molar-refractivity contribution < 1.29 is 14.3 Å². The van der Waals surface area contributed by atoms with E-state index < -0.39 is 5.97 Å². The number of aryl methyl sites for hydroxylation is 2. The van der Waals surface area contributed by atoms with E-state index in [2.05, 4.69) is 47.2 Å². The number of benzene rings is 2. The van der Waals surface area contributed by atoms with E-state index >= 15 is 0 Å². The molecule has 1 fully saturated rings. The number of furan rings is 1. The number of aromatic nitrogens is 1. The molecule has 1 saturated heterocycles. The fourth-order valence-corrected chi connectivity index (χ4v) is 4.80. The largest absolute Gasteiger partial charge is 0.478 e. The molecule has 2 N–H and O–H groups in total. The van der Waals surface area contributed by atoms with Crippen molar-refractivity contribution in [3.8, 4) is 11.3 Å². The molecule has 1 aliphatic rings. The number of aromatic carboxylic acids is 1. The second-order valence-corrected chi connectivity index (χ2v) is 8.81. The summed E-state index contributed by atoms with van der Waals surface area (Å²) in [4.78, 5) is 17.9. The van der Waals surface area contributed by atoms with Crippen LogP contribution >= 0.6 is 12.2 Å². The lowest BCUT2D eigenvalue weighted by molar-refractivity contribution is 0.0697. The van der Waals surface area contributed by atoms with Crippen molar-refractivity contribution in [2.75, 3.05) is 4.90 Å². The molecule has 4 aromatic rings. The first kappa shape index (κ1) is 21.9. The SMILES string of the molecule is Cc1cc(C)cc(N2C(=S)N[C@H](c3ccccn3)[C@H]2c2ccc(-c3ccc(C(=O)O)cc3)o2)c1. The Morgan fingerprint density at radius 2 is 1.76 bits per heavy atom. The summed E-state index contributed by atoms with van der Waals surface area (Å²) in [6.45, 7) is 4.14. The number of hydrogen-bond donors (Lipinski definition) is 2. The van der Waals surface area contributed by atoms with Gasteiger partial charge in [-0.1, -0.05) is 24.3 Å². The minimum absolute atomic E-state index is 0.206. The molecule has 34 heavy (non-hydrogen) atoms. The van der Waals surface area contributed by atoms with Crippen molar-refractivity contribution in [3.63, 3.8) is 0 Å². The Labute approximate surface area is 202 Å². The maximum absolute atomic E-state index is 11.2. The minimum Gasteiger partial charge on any atom is -0.478 e. The molecule has 0 amide bonds. The highest BCUT2D eigenvalue weighted by Crippen LogP contribution is 2.43. The van der Waals surface area contributed by atoms with Crippen molar-refractivity contribution >= 4 is 29.0 Å². The average molecular weight is 470 g/mol. The van der Waals surface area contributed by atoms with Crippen LogP contribution in [0.4, 0.5) is 5.69 Å². The molecule has 6 nitrogen and oxygen atoms in total. The first-order valence-electron chi connectivity index (χ1n) is 10.9. The van der Waals surface area contributed by atoms with Gasteiger partial charge in [-0.05, 0) is 85.7 Å². The molecule has 0 aliphatic carbocycles. The van der Waals surface area contributed by atoms with Crippen LogP contribution in [0.25, 0.3) is 11.3 Å².